The molecule has 2 amide bonds. The van der Waals surface area contributed by atoms with Gasteiger partial charge < -0.3 is 10.2 Å². The number of carbonyl (C=O) groups excluding carboxylic acids is 2. The zero-order valence-electron chi connectivity index (χ0n) is 21.7. The topological polar surface area (TPSA) is 86.8 Å². The van der Waals surface area contributed by atoms with Gasteiger partial charge in [-0.1, -0.05) is 85.6 Å². The van der Waals surface area contributed by atoms with Crippen molar-refractivity contribution in [3.05, 3.63) is 101 Å². The molecule has 0 saturated carbocycles. The van der Waals surface area contributed by atoms with Crippen molar-refractivity contribution < 1.29 is 18.0 Å². The van der Waals surface area contributed by atoms with E-state index in [9.17, 15) is 18.0 Å². The van der Waals surface area contributed by atoms with E-state index in [0.29, 0.717) is 17.3 Å². The molecule has 0 spiro atoms. The molecule has 0 aromatic heterocycles. The summed E-state index contributed by atoms with van der Waals surface area (Å²) in [4.78, 5) is 28.9. The average molecular weight is 556 g/mol. The van der Waals surface area contributed by atoms with E-state index in [0.717, 1.165) is 34.5 Å². The van der Waals surface area contributed by atoms with Crippen LogP contribution in [0.1, 0.15) is 30.9 Å². The fourth-order valence-corrected chi connectivity index (χ4v) is 5.16. The van der Waals surface area contributed by atoms with Crippen LogP contribution in [0.4, 0.5) is 5.69 Å². The number of nitrogens with one attached hydrogen (secondary N) is 1. The van der Waals surface area contributed by atoms with Gasteiger partial charge in [0, 0.05) is 24.5 Å². The van der Waals surface area contributed by atoms with Crippen molar-refractivity contribution in [1.82, 2.24) is 10.2 Å². The fraction of sp³-hybridized carbons (Fsp3) is 0.310. The molecule has 0 aliphatic carbocycles. The van der Waals surface area contributed by atoms with Gasteiger partial charge >= 0.3 is 0 Å². The van der Waals surface area contributed by atoms with Crippen LogP contribution in [0.15, 0.2) is 84.9 Å². The summed E-state index contributed by atoms with van der Waals surface area (Å²) in [6.45, 7) is 2.16. The lowest BCUT2D eigenvalue weighted by atomic mass is 10.0. The Morgan fingerprint density at radius 1 is 0.921 bits per heavy atom. The van der Waals surface area contributed by atoms with Crippen molar-refractivity contribution in [1.29, 1.82) is 0 Å². The Balaban J connectivity index is 2.01. The van der Waals surface area contributed by atoms with Crippen LogP contribution in [0.3, 0.4) is 0 Å². The van der Waals surface area contributed by atoms with Gasteiger partial charge in [0.1, 0.15) is 12.6 Å². The molecule has 1 atom stereocenters. The summed E-state index contributed by atoms with van der Waals surface area (Å²) < 4.78 is 26.5. The molecule has 0 aliphatic rings. The van der Waals surface area contributed by atoms with Crippen LogP contribution in [-0.4, -0.2) is 50.5 Å². The molecule has 38 heavy (non-hydrogen) atoms. The maximum absolute atomic E-state index is 13.9. The number of anilines is 1. The molecule has 1 N–H and O–H groups in total. The number of halogens is 1. The number of nitrogens with zero attached hydrogens (tertiary/aromatic N) is 2. The number of amides is 2. The Morgan fingerprint density at radius 2 is 1.55 bits per heavy atom. The highest BCUT2D eigenvalue weighted by Gasteiger charge is 2.32. The van der Waals surface area contributed by atoms with Crippen molar-refractivity contribution in [3.63, 3.8) is 0 Å². The standard InChI is InChI=1S/C29H34ClN3O4S/c1-3-4-18-31-29(35)27(20-23-12-7-5-8-13-23)32(21-24-14-11-15-25(30)19-24)28(34)22-33(38(2,36)37)26-16-9-6-10-17-26/h5-17,19,27H,3-4,18,20-22H2,1-2H3,(H,31,35)/t27-/m1/s1. The van der Waals surface area contributed by atoms with Crippen LogP contribution < -0.4 is 9.62 Å². The summed E-state index contributed by atoms with van der Waals surface area (Å²) in [5.41, 5.74) is 1.99. The summed E-state index contributed by atoms with van der Waals surface area (Å²) in [5, 5.41) is 3.46. The molecule has 0 heterocycles. The molecule has 0 saturated heterocycles. The lowest BCUT2D eigenvalue weighted by molar-refractivity contribution is -0.140. The average Bonchev–Trinajstić information content (AvgIpc) is 2.89. The van der Waals surface area contributed by atoms with Crippen LogP contribution in [-0.2, 0) is 32.6 Å². The number of para-hydroxylation sites is 1. The Morgan fingerprint density at radius 3 is 2.16 bits per heavy atom. The van der Waals surface area contributed by atoms with Gasteiger partial charge in [0.25, 0.3) is 0 Å². The zero-order chi connectivity index (χ0) is 27.5. The third kappa shape index (κ3) is 8.60. The van der Waals surface area contributed by atoms with E-state index < -0.39 is 28.5 Å². The molecular weight excluding hydrogens is 522 g/mol. The number of unbranched alkanes of at least 4 members (excludes halogenated alkanes) is 1. The van der Waals surface area contributed by atoms with Gasteiger partial charge in [-0.2, -0.15) is 0 Å². The van der Waals surface area contributed by atoms with Crippen molar-refractivity contribution in [2.24, 2.45) is 0 Å². The number of hydrogen-bond donors (Lipinski definition) is 1. The van der Waals surface area contributed by atoms with Gasteiger partial charge in [0.2, 0.25) is 21.8 Å². The molecule has 3 aromatic rings. The largest absolute Gasteiger partial charge is 0.354 e. The number of rotatable bonds is 13. The first-order valence-corrected chi connectivity index (χ1v) is 14.8. The predicted molar refractivity (Wildman–Crippen MR) is 152 cm³/mol. The van der Waals surface area contributed by atoms with E-state index in [1.807, 2.05) is 43.3 Å². The second-order valence-corrected chi connectivity index (χ2v) is 11.5. The molecule has 0 radical (unpaired) electrons. The summed E-state index contributed by atoms with van der Waals surface area (Å²) >= 11 is 6.22. The quantitative estimate of drug-likeness (QED) is 0.311. The van der Waals surface area contributed by atoms with Gasteiger partial charge in [0.05, 0.1) is 11.9 Å². The van der Waals surface area contributed by atoms with Crippen molar-refractivity contribution >= 4 is 39.1 Å². The first-order valence-electron chi connectivity index (χ1n) is 12.6. The maximum Gasteiger partial charge on any atom is 0.244 e. The predicted octanol–water partition coefficient (Wildman–Crippen LogP) is 4.66. The smallest absolute Gasteiger partial charge is 0.244 e. The summed E-state index contributed by atoms with van der Waals surface area (Å²) in [5.74, 6) is -0.783. The monoisotopic (exact) mass is 555 g/mol. The minimum atomic E-state index is -3.78. The van der Waals surface area contributed by atoms with E-state index in [4.69, 9.17) is 11.6 Å². The van der Waals surface area contributed by atoms with E-state index >= 15 is 0 Å². The van der Waals surface area contributed by atoms with Crippen molar-refractivity contribution in [3.8, 4) is 0 Å². The van der Waals surface area contributed by atoms with Crippen LogP contribution in [0, 0.1) is 0 Å². The molecular formula is C29H34ClN3O4S. The van der Waals surface area contributed by atoms with Gasteiger partial charge in [-0.3, -0.25) is 13.9 Å². The molecule has 0 fully saturated rings. The van der Waals surface area contributed by atoms with Crippen molar-refractivity contribution in [2.75, 3.05) is 23.7 Å². The minimum absolute atomic E-state index is 0.0878. The molecule has 0 unspecified atom stereocenters. The lowest BCUT2D eigenvalue weighted by Gasteiger charge is -2.33. The van der Waals surface area contributed by atoms with Gasteiger partial charge in [0.15, 0.2) is 0 Å². The van der Waals surface area contributed by atoms with Gasteiger partial charge in [-0.15, -0.1) is 0 Å². The molecule has 0 aliphatic heterocycles. The minimum Gasteiger partial charge on any atom is -0.354 e. The molecule has 7 nitrogen and oxygen atoms in total. The van der Waals surface area contributed by atoms with E-state index in [2.05, 4.69) is 5.32 Å². The maximum atomic E-state index is 13.9. The van der Waals surface area contributed by atoms with E-state index in [1.165, 1.54) is 4.90 Å². The highest BCUT2D eigenvalue weighted by atomic mass is 35.5. The first kappa shape index (κ1) is 29.2. The van der Waals surface area contributed by atoms with Gasteiger partial charge in [-0.05, 0) is 41.8 Å². The fourth-order valence-electron chi connectivity index (χ4n) is 4.10. The van der Waals surface area contributed by atoms with E-state index in [-0.39, 0.29) is 18.9 Å². The highest BCUT2D eigenvalue weighted by molar-refractivity contribution is 7.92. The van der Waals surface area contributed by atoms with Crippen LogP contribution in [0.25, 0.3) is 0 Å². The Bertz CT molecular complexity index is 1300. The van der Waals surface area contributed by atoms with Crippen LogP contribution in [0.2, 0.25) is 5.02 Å². The molecule has 202 valence electrons. The number of sulfonamides is 1. The van der Waals surface area contributed by atoms with Gasteiger partial charge in [-0.25, -0.2) is 8.42 Å². The zero-order valence-corrected chi connectivity index (χ0v) is 23.3. The van der Waals surface area contributed by atoms with E-state index in [1.54, 1.807) is 48.5 Å². The van der Waals surface area contributed by atoms with Crippen LogP contribution in [0.5, 0.6) is 0 Å². The number of hydrogen-bond acceptors (Lipinski definition) is 4. The molecule has 3 rings (SSSR count). The third-order valence-electron chi connectivity index (χ3n) is 6.07. The molecule has 9 heteroatoms. The Hall–Kier alpha value is -3.36. The second-order valence-electron chi connectivity index (χ2n) is 9.11. The summed E-state index contributed by atoms with van der Waals surface area (Å²) in [6.07, 6.45) is 3.06. The summed E-state index contributed by atoms with van der Waals surface area (Å²) in [7, 11) is -3.78. The lowest BCUT2D eigenvalue weighted by Crippen LogP contribution is -2.53. The van der Waals surface area contributed by atoms with Crippen LogP contribution >= 0.6 is 11.6 Å². The molecule has 0 bridgehead atoms. The van der Waals surface area contributed by atoms with Crippen molar-refractivity contribution in [2.45, 2.75) is 38.8 Å². The normalized spacial score (nSPS) is 12.0. The third-order valence-corrected chi connectivity index (χ3v) is 7.44. The SMILES string of the molecule is CCCCNC(=O)[C@@H](Cc1ccccc1)N(Cc1cccc(Cl)c1)C(=O)CN(c1ccccc1)S(C)(=O)=O. The Kier molecular flexibility index (Phi) is 10.7. The highest BCUT2D eigenvalue weighted by Crippen LogP contribution is 2.21. The number of carbonyl (C=O) groups is 2. The number of benzene rings is 3. The molecule has 3 aromatic carbocycles. The first-order chi connectivity index (χ1) is 18.2. The second kappa shape index (κ2) is 14.0. The summed E-state index contributed by atoms with van der Waals surface area (Å²) in [6, 6.07) is 24.1. The Labute approximate surface area is 230 Å².